The largest absolute Gasteiger partial charge is 0.482 e. The van der Waals surface area contributed by atoms with E-state index in [1.54, 1.807) is 6.07 Å². The van der Waals surface area contributed by atoms with Crippen molar-refractivity contribution in [3.8, 4) is 5.75 Å². The van der Waals surface area contributed by atoms with Crippen LogP contribution >= 0.6 is 0 Å². The number of ether oxygens (including phenoxy) is 1. The van der Waals surface area contributed by atoms with Crippen LogP contribution in [0.25, 0.3) is 0 Å². The molecule has 5 nitrogen and oxygen atoms in total. The van der Waals surface area contributed by atoms with Gasteiger partial charge in [-0.15, -0.1) is 0 Å². The first-order chi connectivity index (χ1) is 6.66. The molecular formula is C9H8N2O3. The fourth-order valence-electron chi connectivity index (χ4n) is 1.23. The van der Waals surface area contributed by atoms with Gasteiger partial charge in [-0.3, -0.25) is 9.59 Å². The molecule has 0 unspecified atom stereocenters. The standard InChI is InChI=1S/C9H8N2O3/c10-9(13)5-1-2-6-7(3-5)14-4-8(12)11-6/h1-3H,4H2,(H2,10,13)(H,11,12). The summed E-state index contributed by atoms with van der Waals surface area (Å²) in [5.41, 5.74) is 6.01. The van der Waals surface area contributed by atoms with Crippen LogP contribution < -0.4 is 15.8 Å². The number of anilines is 1. The molecule has 5 heteroatoms. The number of amides is 2. The molecule has 0 aliphatic carbocycles. The van der Waals surface area contributed by atoms with Gasteiger partial charge in [-0.05, 0) is 18.2 Å². The summed E-state index contributed by atoms with van der Waals surface area (Å²) in [6.07, 6.45) is 0. The Hall–Kier alpha value is -2.04. The monoisotopic (exact) mass is 192 g/mol. The molecule has 1 aromatic rings. The number of hydrogen-bond acceptors (Lipinski definition) is 3. The normalized spacial score (nSPS) is 13.9. The lowest BCUT2D eigenvalue weighted by atomic mass is 10.1. The first-order valence-corrected chi connectivity index (χ1v) is 4.03. The Morgan fingerprint density at radius 3 is 3.00 bits per heavy atom. The zero-order valence-electron chi connectivity index (χ0n) is 7.24. The summed E-state index contributed by atoms with van der Waals surface area (Å²) in [5.74, 6) is -0.251. The van der Waals surface area contributed by atoms with E-state index in [0.717, 1.165) is 0 Å². The third-order valence-corrected chi connectivity index (χ3v) is 1.90. The maximum absolute atomic E-state index is 10.9. The predicted octanol–water partition coefficient (Wildman–Crippen LogP) is 0.116. The van der Waals surface area contributed by atoms with Gasteiger partial charge in [-0.1, -0.05) is 0 Å². The summed E-state index contributed by atoms with van der Waals surface area (Å²) in [5, 5.41) is 2.61. The highest BCUT2D eigenvalue weighted by Gasteiger charge is 2.16. The molecule has 0 bridgehead atoms. The van der Waals surface area contributed by atoms with E-state index in [1.165, 1.54) is 12.1 Å². The van der Waals surface area contributed by atoms with Crippen LogP contribution in [0.1, 0.15) is 10.4 Å². The first kappa shape index (κ1) is 8.55. The van der Waals surface area contributed by atoms with Crippen LogP contribution in [-0.2, 0) is 4.79 Å². The summed E-state index contributed by atoms with van der Waals surface area (Å²) in [6, 6.07) is 4.64. The molecule has 0 spiro atoms. The second-order valence-electron chi connectivity index (χ2n) is 2.91. The zero-order chi connectivity index (χ0) is 10.1. The molecule has 72 valence electrons. The van der Waals surface area contributed by atoms with Crippen LogP contribution in [0.3, 0.4) is 0 Å². The first-order valence-electron chi connectivity index (χ1n) is 4.03. The SMILES string of the molecule is NC(=O)c1ccc2c(c1)OCC(=O)N2. The smallest absolute Gasteiger partial charge is 0.262 e. The molecule has 1 aliphatic rings. The molecule has 1 aliphatic heterocycles. The van der Waals surface area contributed by atoms with Crippen LogP contribution in [0.5, 0.6) is 5.75 Å². The van der Waals surface area contributed by atoms with Crippen molar-refractivity contribution in [3.63, 3.8) is 0 Å². The topological polar surface area (TPSA) is 81.4 Å². The lowest BCUT2D eigenvalue weighted by Crippen LogP contribution is -2.25. The zero-order valence-corrected chi connectivity index (χ0v) is 7.24. The van der Waals surface area contributed by atoms with Gasteiger partial charge < -0.3 is 15.8 Å². The van der Waals surface area contributed by atoms with Crippen LogP contribution in [0.15, 0.2) is 18.2 Å². The van der Waals surface area contributed by atoms with Crippen molar-refractivity contribution in [2.75, 3.05) is 11.9 Å². The molecule has 1 heterocycles. The Labute approximate surface area is 79.8 Å². The molecule has 0 aromatic heterocycles. The summed E-state index contributed by atoms with van der Waals surface area (Å²) < 4.78 is 5.11. The molecule has 14 heavy (non-hydrogen) atoms. The van der Waals surface area contributed by atoms with Crippen LogP contribution in [-0.4, -0.2) is 18.4 Å². The highest BCUT2D eigenvalue weighted by Crippen LogP contribution is 2.28. The van der Waals surface area contributed by atoms with Gasteiger partial charge >= 0.3 is 0 Å². The van der Waals surface area contributed by atoms with Crippen molar-refractivity contribution in [2.45, 2.75) is 0 Å². The molecule has 0 radical (unpaired) electrons. The molecule has 0 saturated carbocycles. The maximum atomic E-state index is 10.9. The van der Waals surface area contributed by atoms with Gasteiger partial charge in [0.1, 0.15) is 5.75 Å². The summed E-state index contributed by atoms with van der Waals surface area (Å²) in [7, 11) is 0. The number of hydrogen-bond donors (Lipinski definition) is 2. The van der Waals surface area contributed by atoms with Crippen molar-refractivity contribution in [1.29, 1.82) is 0 Å². The van der Waals surface area contributed by atoms with Crippen molar-refractivity contribution in [2.24, 2.45) is 5.73 Å². The molecule has 2 amide bonds. The molecule has 3 N–H and O–H groups in total. The number of nitrogens with one attached hydrogen (secondary N) is 1. The number of fused-ring (bicyclic) bond motifs is 1. The average Bonchev–Trinajstić information content (AvgIpc) is 2.16. The predicted molar refractivity (Wildman–Crippen MR) is 49.1 cm³/mol. The summed E-state index contributed by atoms with van der Waals surface area (Å²) in [6.45, 7) is -0.0325. The van der Waals surface area contributed by atoms with E-state index in [1.807, 2.05) is 0 Å². The second kappa shape index (κ2) is 3.02. The highest BCUT2D eigenvalue weighted by molar-refractivity contribution is 5.98. The van der Waals surface area contributed by atoms with E-state index in [-0.39, 0.29) is 12.5 Å². The average molecular weight is 192 g/mol. The second-order valence-corrected chi connectivity index (χ2v) is 2.91. The molecule has 0 fully saturated rings. The van der Waals surface area contributed by atoms with Gasteiger partial charge in [-0.25, -0.2) is 0 Å². The minimum Gasteiger partial charge on any atom is -0.482 e. The summed E-state index contributed by atoms with van der Waals surface area (Å²) in [4.78, 5) is 21.7. The van der Waals surface area contributed by atoms with Crippen LogP contribution in [0.2, 0.25) is 0 Å². The van der Waals surface area contributed by atoms with Crippen LogP contribution in [0.4, 0.5) is 5.69 Å². The minimum absolute atomic E-state index is 0.0325. The van der Waals surface area contributed by atoms with Gasteiger partial charge in [0, 0.05) is 5.56 Å². The van der Waals surface area contributed by atoms with Crippen molar-refractivity contribution in [3.05, 3.63) is 23.8 Å². The molecule has 0 atom stereocenters. The van der Waals surface area contributed by atoms with Gasteiger partial charge in [0.2, 0.25) is 5.91 Å². The molecule has 1 aromatic carbocycles. The van der Waals surface area contributed by atoms with E-state index in [2.05, 4.69) is 5.32 Å². The number of carbonyl (C=O) groups excluding carboxylic acids is 2. The lowest BCUT2D eigenvalue weighted by molar-refractivity contribution is -0.118. The fraction of sp³-hybridized carbons (Fsp3) is 0.111. The van der Waals surface area contributed by atoms with Gasteiger partial charge in [0.25, 0.3) is 5.91 Å². The number of carbonyl (C=O) groups is 2. The molecule has 2 rings (SSSR count). The van der Waals surface area contributed by atoms with E-state index in [4.69, 9.17) is 10.5 Å². The Kier molecular flexibility index (Phi) is 1.85. The van der Waals surface area contributed by atoms with E-state index >= 15 is 0 Å². The van der Waals surface area contributed by atoms with Gasteiger partial charge in [0.05, 0.1) is 5.69 Å². The quantitative estimate of drug-likeness (QED) is 0.662. The Bertz CT molecular complexity index is 415. The van der Waals surface area contributed by atoms with Crippen molar-refractivity contribution < 1.29 is 14.3 Å². The number of nitrogens with two attached hydrogens (primary N) is 1. The van der Waals surface area contributed by atoms with Gasteiger partial charge in [0.15, 0.2) is 6.61 Å². The Morgan fingerprint density at radius 2 is 2.29 bits per heavy atom. The minimum atomic E-state index is -0.520. The third kappa shape index (κ3) is 1.39. The molecular weight excluding hydrogens is 184 g/mol. The Morgan fingerprint density at radius 1 is 1.50 bits per heavy atom. The fourth-order valence-corrected chi connectivity index (χ4v) is 1.23. The van der Waals surface area contributed by atoms with E-state index in [0.29, 0.717) is 17.0 Å². The Balaban J connectivity index is 2.41. The highest BCUT2D eigenvalue weighted by atomic mass is 16.5. The van der Waals surface area contributed by atoms with E-state index in [9.17, 15) is 9.59 Å². The van der Waals surface area contributed by atoms with Crippen molar-refractivity contribution in [1.82, 2.24) is 0 Å². The third-order valence-electron chi connectivity index (χ3n) is 1.90. The maximum Gasteiger partial charge on any atom is 0.262 e. The summed E-state index contributed by atoms with van der Waals surface area (Å²) >= 11 is 0. The van der Waals surface area contributed by atoms with E-state index < -0.39 is 5.91 Å². The van der Waals surface area contributed by atoms with Gasteiger partial charge in [-0.2, -0.15) is 0 Å². The van der Waals surface area contributed by atoms with Crippen molar-refractivity contribution >= 4 is 17.5 Å². The number of benzene rings is 1. The number of primary amides is 1. The van der Waals surface area contributed by atoms with Crippen LogP contribution in [0, 0.1) is 0 Å². The molecule has 0 saturated heterocycles. The number of rotatable bonds is 1. The lowest BCUT2D eigenvalue weighted by Gasteiger charge is -2.17.